The first kappa shape index (κ1) is 31.3. The van der Waals surface area contributed by atoms with Gasteiger partial charge in [-0.3, -0.25) is 9.59 Å². The summed E-state index contributed by atoms with van der Waals surface area (Å²) in [6, 6.07) is 23.5. The maximum absolute atomic E-state index is 14.6. The Balaban J connectivity index is 1.51. The molecule has 2 aliphatic heterocycles. The molecule has 0 radical (unpaired) electrons. The maximum Gasteiger partial charge on any atom is 0.264 e. The minimum absolute atomic E-state index is 0.00801. The topological polar surface area (TPSA) is 90.3 Å². The van der Waals surface area contributed by atoms with Crippen molar-refractivity contribution in [2.45, 2.75) is 56.8 Å². The number of fused-ring (bicyclic) bond motifs is 2. The molecule has 42 heavy (non-hydrogen) atoms. The van der Waals surface area contributed by atoms with Crippen LogP contribution in [0.1, 0.15) is 30.0 Å². The molecule has 2 N–H and O–H groups in total. The van der Waals surface area contributed by atoms with Gasteiger partial charge in [0.15, 0.2) is 13.9 Å². The number of anilines is 1. The lowest BCUT2D eigenvalue weighted by Gasteiger charge is -2.32. The second-order valence-corrected chi connectivity index (χ2v) is 17.9. The summed E-state index contributed by atoms with van der Waals surface area (Å²) in [6.07, 6.45) is -0.654. The predicted molar refractivity (Wildman–Crippen MR) is 177 cm³/mol. The third-order valence-corrected chi connectivity index (χ3v) is 12.2. The molecule has 0 aromatic heterocycles. The van der Waals surface area contributed by atoms with Gasteiger partial charge in [-0.2, -0.15) is 0 Å². The van der Waals surface area contributed by atoms with E-state index in [4.69, 9.17) is 4.74 Å². The molecule has 7 nitrogen and oxygen atoms in total. The molecule has 3 aromatic rings. The van der Waals surface area contributed by atoms with Crippen LogP contribution in [-0.2, 0) is 33.0 Å². The third-order valence-electron chi connectivity index (χ3n) is 8.49. The van der Waals surface area contributed by atoms with Crippen molar-refractivity contribution in [1.29, 1.82) is 0 Å². The number of hydrogen-bond acceptors (Lipinski definition) is 5. The highest BCUT2D eigenvalue weighted by Gasteiger charge is 2.66. The summed E-state index contributed by atoms with van der Waals surface area (Å²) < 4.78 is 8.76. The number of benzene rings is 3. The lowest BCUT2D eigenvalue weighted by atomic mass is 9.82. The van der Waals surface area contributed by atoms with Crippen molar-refractivity contribution in [2.24, 2.45) is 5.92 Å². The zero-order valence-electron chi connectivity index (χ0n) is 24.0. The Kier molecular flexibility index (Phi) is 9.32. The molecule has 1 spiro atoms. The van der Waals surface area contributed by atoms with E-state index in [0.717, 1.165) is 30.4 Å². The minimum atomic E-state index is -2.93. The lowest BCUT2D eigenvalue weighted by molar-refractivity contribution is -0.150. The van der Waals surface area contributed by atoms with E-state index in [-0.39, 0.29) is 42.8 Å². The van der Waals surface area contributed by atoms with Crippen LogP contribution in [0.5, 0.6) is 0 Å². The fourth-order valence-electron chi connectivity index (χ4n) is 6.74. The molecule has 0 saturated carbocycles. The van der Waals surface area contributed by atoms with Gasteiger partial charge in [0.2, 0.25) is 5.91 Å². The first-order chi connectivity index (χ1) is 20.0. The molecule has 222 valence electrons. The van der Waals surface area contributed by atoms with Crippen molar-refractivity contribution in [3.05, 3.63) is 97.5 Å². The highest BCUT2D eigenvalue weighted by molar-refractivity contribution is 14.1. The largest absolute Gasteiger partial charge is 0.432 e. The Morgan fingerprint density at radius 2 is 1.81 bits per heavy atom. The molecule has 2 amide bonds. The summed E-state index contributed by atoms with van der Waals surface area (Å²) in [4.78, 5) is 43.3. The molecule has 2 aliphatic rings. The van der Waals surface area contributed by atoms with E-state index >= 15 is 0 Å². The minimum Gasteiger partial charge on any atom is -0.432 e. The second kappa shape index (κ2) is 12.5. The molecular weight excluding hydrogens is 727 g/mol. The van der Waals surface area contributed by atoms with E-state index in [1.165, 1.54) is 0 Å². The maximum atomic E-state index is 14.6. The number of nitrogens with zero attached hydrogens (tertiary/aromatic N) is 2. The second-order valence-electron chi connectivity index (χ2n) is 11.8. The van der Waals surface area contributed by atoms with Gasteiger partial charge in [0.05, 0.1) is 31.4 Å². The Labute approximate surface area is 270 Å². The monoisotopic (exact) mass is 762 g/mol. The molecule has 1 saturated heterocycles. The van der Waals surface area contributed by atoms with Crippen LogP contribution in [0.15, 0.2) is 77.3 Å². The van der Waals surface area contributed by atoms with Crippen molar-refractivity contribution in [3.8, 4) is 0 Å². The smallest absolute Gasteiger partial charge is 0.264 e. The van der Waals surface area contributed by atoms with Crippen LogP contribution in [0.2, 0.25) is 18.6 Å². The molecular formula is C32H36BrIN2O5Si. The molecule has 4 atom stereocenters. The number of aliphatic hydroxyl groups excluding tert-OH is 1. The first-order valence-electron chi connectivity index (χ1n) is 14.1. The van der Waals surface area contributed by atoms with Crippen molar-refractivity contribution < 1.29 is 24.2 Å². The van der Waals surface area contributed by atoms with Crippen molar-refractivity contribution in [3.63, 3.8) is 0 Å². The molecule has 1 fully saturated rings. The Hall–Kier alpha value is -2.09. The van der Waals surface area contributed by atoms with Crippen LogP contribution >= 0.6 is 38.5 Å². The summed E-state index contributed by atoms with van der Waals surface area (Å²) in [6.45, 7) is 6.45. The molecule has 5 rings (SSSR count). The zero-order valence-corrected chi connectivity index (χ0v) is 28.7. The number of carbonyl (C=O) groups excluding carboxylic acids is 2. The van der Waals surface area contributed by atoms with Gasteiger partial charge in [-0.25, -0.2) is 0 Å². The zero-order chi connectivity index (χ0) is 30.2. The van der Waals surface area contributed by atoms with Gasteiger partial charge in [0, 0.05) is 38.2 Å². The lowest BCUT2D eigenvalue weighted by Crippen LogP contribution is -2.46. The van der Waals surface area contributed by atoms with E-state index in [9.17, 15) is 19.5 Å². The molecule has 2 heterocycles. The van der Waals surface area contributed by atoms with Crippen LogP contribution in [-0.4, -0.2) is 54.2 Å². The summed E-state index contributed by atoms with van der Waals surface area (Å²) in [5, 5.41) is 9.74. The fourth-order valence-corrected chi connectivity index (χ4v) is 10.3. The Bertz CT molecular complexity index is 1470. The summed E-state index contributed by atoms with van der Waals surface area (Å²) in [7, 11) is -2.93. The van der Waals surface area contributed by atoms with Gasteiger partial charge in [-0.1, -0.05) is 65.3 Å². The highest BCUT2D eigenvalue weighted by atomic mass is 127. The van der Waals surface area contributed by atoms with E-state index in [1.54, 1.807) is 9.80 Å². The van der Waals surface area contributed by atoms with Gasteiger partial charge in [0.1, 0.15) is 0 Å². The van der Waals surface area contributed by atoms with Gasteiger partial charge in [-0.15, -0.1) is 0 Å². The van der Waals surface area contributed by atoms with Crippen molar-refractivity contribution >= 4 is 64.3 Å². The van der Waals surface area contributed by atoms with Gasteiger partial charge < -0.3 is 24.4 Å². The molecule has 0 aliphatic carbocycles. The van der Waals surface area contributed by atoms with Crippen LogP contribution in [0.3, 0.4) is 0 Å². The van der Waals surface area contributed by atoms with Gasteiger partial charge in [0.25, 0.3) is 5.91 Å². The van der Waals surface area contributed by atoms with Gasteiger partial charge in [-0.05, 0) is 77.1 Å². The number of aliphatic hydroxyl groups is 1. The Morgan fingerprint density at radius 3 is 2.48 bits per heavy atom. The highest BCUT2D eigenvalue weighted by Crippen LogP contribution is 2.60. The number of ether oxygens (including phenoxy) is 1. The normalized spacial score (nSPS) is 23.5. The standard InChI is InChI=1S/C32H36BrIN2O5Si/c1-21-30(42(2,3)40)28(18-29(38)35(14-15-37)19-22-8-5-4-6-9-22)41-32(21)26-17-24(33)12-13-27(26)36(31(32)39)20-23-10-7-11-25(34)16-23/h4-13,16-17,21,28,30,37,40H,14-15,18-20H2,1-3H3/t21-,28+,30-,32+/m1/s1. The van der Waals surface area contributed by atoms with E-state index in [0.29, 0.717) is 13.1 Å². The van der Waals surface area contributed by atoms with Crippen LogP contribution in [0.4, 0.5) is 5.69 Å². The van der Waals surface area contributed by atoms with E-state index < -0.39 is 20.0 Å². The number of halogens is 2. The molecule has 3 aromatic carbocycles. The number of carbonyl (C=O) groups is 2. The SMILES string of the molecule is C[C@@H]1[C@@H]([Si](C)(C)O)[C@H](CC(=O)N(CCO)Cc2ccccc2)O[C@@]12C(=O)N(Cc1cccc(I)c1)c1ccc(Br)cc12. The van der Waals surface area contributed by atoms with Crippen molar-refractivity contribution in [1.82, 2.24) is 4.90 Å². The Morgan fingerprint density at radius 1 is 1.10 bits per heavy atom. The quantitative estimate of drug-likeness (QED) is 0.212. The number of hydrogen-bond donors (Lipinski definition) is 2. The van der Waals surface area contributed by atoms with E-state index in [1.807, 2.05) is 86.7 Å². The molecule has 10 heteroatoms. The summed E-state index contributed by atoms with van der Waals surface area (Å²) >= 11 is 5.87. The summed E-state index contributed by atoms with van der Waals surface area (Å²) in [5.41, 5.74) is 1.80. The number of rotatable bonds is 9. The average molecular weight is 764 g/mol. The predicted octanol–water partition coefficient (Wildman–Crippen LogP) is 5.81. The van der Waals surface area contributed by atoms with Crippen LogP contribution < -0.4 is 4.90 Å². The van der Waals surface area contributed by atoms with E-state index in [2.05, 4.69) is 44.6 Å². The third kappa shape index (κ3) is 5.98. The molecule has 0 unspecified atom stereocenters. The number of amides is 2. The van der Waals surface area contributed by atoms with Crippen LogP contribution in [0, 0.1) is 9.49 Å². The van der Waals surface area contributed by atoms with Gasteiger partial charge >= 0.3 is 0 Å². The van der Waals surface area contributed by atoms with Crippen molar-refractivity contribution in [2.75, 3.05) is 18.1 Å². The fraction of sp³-hybridized carbons (Fsp3) is 0.375. The first-order valence-corrected chi connectivity index (χ1v) is 19.0. The average Bonchev–Trinajstić information content (AvgIpc) is 3.35. The summed E-state index contributed by atoms with van der Waals surface area (Å²) in [5.74, 6) is -0.721. The van der Waals surface area contributed by atoms with Crippen LogP contribution in [0.25, 0.3) is 0 Å². The molecule has 0 bridgehead atoms.